The van der Waals surface area contributed by atoms with Gasteiger partial charge < -0.3 is 4.90 Å². The summed E-state index contributed by atoms with van der Waals surface area (Å²) >= 11 is 0. The molecule has 1 unspecified atom stereocenters. The highest BCUT2D eigenvalue weighted by Crippen LogP contribution is 2.35. The van der Waals surface area contributed by atoms with Gasteiger partial charge in [-0.05, 0) is 29.3 Å². The first kappa shape index (κ1) is 21.8. The number of amides is 2. The minimum absolute atomic E-state index is 0.178. The summed E-state index contributed by atoms with van der Waals surface area (Å²) < 4.78 is 38.4. The summed E-state index contributed by atoms with van der Waals surface area (Å²) in [5.41, 5.74) is 3.81. The molecule has 2 N–H and O–H groups in total. The Hall–Kier alpha value is -3.89. The molecular weight excluding hydrogens is 417 g/mol. The van der Waals surface area contributed by atoms with E-state index in [1.165, 1.54) is 11.8 Å². The zero-order valence-corrected chi connectivity index (χ0v) is 16.1. The monoisotopic (exact) mass is 434 g/mol. The second-order valence-corrected chi connectivity index (χ2v) is 6.75. The average molecular weight is 434 g/mol. The van der Waals surface area contributed by atoms with E-state index in [0.717, 1.165) is 17.2 Å². The quantitative estimate of drug-likeness (QED) is 0.546. The molecule has 0 fully saturated rings. The van der Waals surface area contributed by atoms with Gasteiger partial charge in [0.25, 0.3) is 5.69 Å². The molecule has 1 heterocycles. The number of hydrogen-bond donors (Lipinski definition) is 2. The summed E-state index contributed by atoms with van der Waals surface area (Å²) in [6.45, 7) is 1.35. The highest BCUT2D eigenvalue weighted by Gasteiger charge is 2.33. The number of carbonyl (C=O) groups is 2. The normalized spacial score (nSPS) is 15.2. The van der Waals surface area contributed by atoms with Crippen molar-refractivity contribution >= 4 is 29.3 Å². The number of hydrazine groups is 1. The molecule has 3 rings (SSSR count). The Morgan fingerprint density at radius 2 is 1.90 bits per heavy atom. The van der Waals surface area contributed by atoms with Crippen molar-refractivity contribution in [1.29, 1.82) is 0 Å². The Morgan fingerprint density at radius 1 is 1.19 bits per heavy atom. The third-order valence-electron chi connectivity index (χ3n) is 4.71. The molecule has 2 aromatic carbocycles. The maximum Gasteiger partial charge on any atom is 0.416 e. The SMILES string of the molecule is CC(=O)N1C=Cc2ccccc2C1CC(=O)NNc1ccc(C(F)(F)F)cc1[N+](=O)[O-]. The molecule has 0 radical (unpaired) electrons. The number of fused-ring (bicyclic) bond motifs is 1. The Labute approximate surface area is 174 Å². The molecule has 0 spiro atoms. The van der Waals surface area contributed by atoms with Gasteiger partial charge in [-0.15, -0.1) is 0 Å². The maximum atomic E-state index is 12.8. The molecule has 31 heavy (non-hydrogen) atoms. The summed E-state index contributed by atoms with van der Waals surface area (Å²) in [6.07, 6.45) is -1.61. The number of hydrogen-bond acceptors (Lipinski definition) is 5. The lowest BCUT2D eigenvalue weighted by Gasteiger charge is -2.32. The Morgan fingerprint density at radius 3 is 2.55 bits per heavy atom. The van der Waals surface area contributed by atoms with E-state index in [9.17, 15) is 32.9 Å². The number of nitrogens with zero attached hydrogens (tertiary/aromatic N) is 2. The van der Waals surface area contributed by atoms with E-state index in [4.69, 9.17) is 0 Å². The average Bonchev–Trinajstić information content (AvgIpc) is 2.71. The minimum Gasteiger partial charge on any atom is -0.311 e. The first-order valence-electron chi connectivity index (χ1n) is 9.04. The van der Waals surface area contributed by atoms with Gasteiger partial charge in [-0.2, -0.15) is 13.2 Å². The molecule has 0 aromatic heterocycles. The predicted octanol–water partition coefficient (Wildman–Crippen LogP) is 4.02. The molecule has 8 nitrogen and oxygen atoms in total. The molecule has 1 aliphatic heterocycles. The van der Waals surface area contributed by atoms with E-state index in [2.05, 4.69) is 10.9 Å². The van der Waals surface area contributed by atoms with E-state index in [-0.39, 0.29) is 18.0 Å². The fourth-order valence-corrected chi connectivity index (χ4v) is 3.24. The van der Waals surface area contributed by atoms with Crippen molar-refractivity contribution in [1.82, 2.24) is 10.3 Å². The maximum absolute atomic E-state index is 12.8. The van der Waals surface area contributed by atoms with Gasteiger partial charge in [-0.25, -0.2) is 0 Å². The van der Waals surface area contributed by atoms with Crippen molar-refractivity contribution in [2.24, 2.45) is 0 Å². The van der Waals surface area contributed by atoms with E-state index >= 15 is 0 Å². The summed E-state index contributed by atoms with van der Waals surface area (Å²) in [4.78, 5) is 36.0. The van der Waals surface area contributed by atoms with Gasteiger partial charge in [-0.3, -0.25) is 30.6 Å². The molecule has 162 valence electrons. The van der Waals surface area contributed by atoms with Gasteiger partial charge in [-0.1, -0.05) is 24.3 Å². The van der Waals surface area contributed by atoms with E-state index in [1.54, 1.807) is 24.4 Å². The lowest BCUT2D eigenvalue weighted by Crippen LogP contribution is -2.37. The molecule has 0 aliphatic carbocycles. The Balaban J connectivity index is 1.76. The van der Waals surface area contributed by atoms with Crippen LogP contribution in [0.3, 0.4) is 0 Å². The number of anilines is 1. The predicted molar refractivity (Wildman–Crippen MR) is 105 cm³/mol. The standard InChI is InChI=1S/C20H17F3N4O4/c1-12(28)26-9-8-13-4-2-3-5-15(13)17(26)11-19(29)25-24-16-7-6-14(20(21,22)23)10-18(16)27(30)31/h2-10,17,24H,11H2,1H3,(H,25,29). The summed E-state index contributed by atoms with van der Waals surface area (Å²) in [7, 11) is 0. The van der Waals surface area contributed by atoms with Gasteiger partial charge in [0.15, 0.2) is 0 Å². The van der Waals surface area contributed by atoms with Crippen molar-refractivity contribution in [3.63, 3.8) is 0 Å². The van der Waals surface area contributed by atoms with Crippen LogP contribution in [0.5, 0.6) is 0 Å². The first-order valence-corrected chi connectivity index (χ1v) is 9.04. The number of nitro benzene ring substituents is 1. The van der Waals surface area contributed by atoms with Crippen LogP contribution in [0.4, 0.5) is 24.5 Å². The molecule has 0 saturated carbocycles. The second kappa shape index (κ2) is 8.46. The van der Waals surface area contributed by atoms with Crippen molar-refractivity contribution in [3.05, 3.63) is 75.5 Å². The van der Waals surface area contributed by atoms with Crippen LogP contribution in [0.1, 0.15) is 36.1 Å². The van der Waals surface area contributed by atoms with Gasteiger partial charge in [0.2, 0.25) is 11.8 Å². The number of carbonyl (C=O) groups excluding carboxylic acids is 2. The second-order valence-electron chi connectivity index (χ2n) is 6.75. The molecule has 11 heteroatoms. The van der Waals surface area contributed by atoms with Gasteiger partial charge in [0, 0.05) is 19.2 Å². The van der Waals surface area contributed by atoms with E-state index in [0.29, 0.717) is 12.1 Å². The van der Waals surface area contributed by atoms with Crippen molar-refractivity contribution < 1.29 is 27.7 Å². The van der Waals surface area contributed by atoms with Crippen LogP contribution in [-0.4, -0.2) is 21.6 Å². The number of nitrogens with one attached hydrogen (secondary N) is 2. The van der Waals surface area contributed by atoms with Crippen LogP contribution in [0.2, 0.25) is 0 Å². The van der Waals surface area contributed by atoms with Gasteiger partial charge in [0.1, 0.15) is 5.69 Å². The van der Waals surface area contributed by atoms with Crippen LogP contribution >= 0.6 is 0 Å². The van der Waals surface area contributed by atoms with Crippen molar-refractivity contribution in [2.75, 3.05) is 5.43 Å². The molecule has 0 bridgehead atoms. The number of halogens is 3. The first-order chi connectivity index (χ1) is 14.6. The number of nitro groups is 1. The lowest BCUT2D eigenvalue weighted by atomic mass is 9.93. The molecule has 2 aromatic rings. The van der Waals surface area contributed by atoms with Crippen LogP contribution in [0.25, 0.3) is 6.08 Å². The summed E-state index contributed by atoms with van der Waals surface area (Å²) in [5, 5.41) is 11.2. The fourth-order valence-electron chi connectivity index (χ4n) is 3.24. The minimum atomic E-state index is -4.75. The number of alkyl halides is 3. The van der Waals surface area contributed by atoms with Crippen LogP contribution in [-0.2, 0) is 15.8 Å². The van der Waals surface area contributed by atoms with Crippen LogP contribution in [0, 0.1) is 10.1 Å². The Kier molecular flexibility index (Phi) is 5.95. The lowest BCUT2D eigenvalue weighted by molar-refractivity contribution is -0.384. The smallest absolute Gasteiger partial charge is 0.311 e. The summed E-state index contributed by atoms with van der Waals surface area (Å²) in [6, 6.07) is 8.50. The van der Waals surface area contributed by atoms with Crippen LogP contribution in [0.15, 0.2) is 48.7 Å². The number of rotatable bonds is 5. The summed E-state index contributed by atoms with van der Waals surface area (Å²) in [5.74, 6) is -0.898. The van der Waals surface area contributed by atoms with E-state index < -0.39 is 34.3 Å². The largest absolute Gasteiger partial charge is 0.416 e. The topological polar surface area (TPSA) is 105 Å². The molecular formula is C20H17F3N4O4. The zero-order valence-electron chi connectivity index (χ0n) is 16.1. The van der Waals surface area contributed by atoms with Gasteiger partial charge in [0.05, 0.1) is 22.9 Å². The highest BCUT2D eigenvalue weighted by molar-refractivity contribution is 5.82. The Bertz CT molecular complexity index is 1070. The number of benzene rings is 2. The fraction of sp³-hybridized carbons (Fsp3) is 0.200. The molecule has 1 atom stereocenters. The van der Waals surface area contributed by atoms with E-state index in [1.807, 2.05) is 12.1 Å². The van der Waals surface area contributed by atoms with Crippen molar-refractivity contribution in [2.45, 2.75) is 25.6 Å². The van der Waals surface area contributed by atoms with Gasteiger partial charge >= 0.3 is 6.18 Å². The third-order valence-corrected chi connectivity index (χ3v) is 4.71. The molecule has 0 saturated heterocycles. The van der Waals surface area contributed by atoms with Crippen LogP contribution < -0.4 is 10.9 Å². The zero-order chi connectivity index (χ0) is 22.8. The molecule has 2 amide bonds. The molecule has 1 aliphatic rings. The van der Waals surface area contributed by atoms with Crippen molar-refractivity contribution in [3.8, 4) is 0 Å². The third kappa shape index (κ3) is 4.82. The highest BCUT2D eigenvalue weighted by atomic mass is 19.4.